The summed E-state index contributed by atoms with van der Waals surface area (Å²) in [5.74, 6) is -0.296. The zero-order valence-corrected chi connectivity index (χ0v) is 22.5. The molecule has 0 saturated carbocycles. The van der Waals surface area contributed by atoms with Gasteiger partial charge in [0, 0.05) is 24.0 Å². The van der Waals surface area contributed by atoms with Crippen LogP contribution in [0.4, 0.5) is 28.4 Å². The van der Waals surface area contributed by atoms with Crippen LogP contribution in [0.3, 0.4) is 0 Å². The van der Waals surface area contributed by atoms with E-state index in [0.717, 1.165) is 17.2 Å². The molecule has 0 aliphatic carbocycles. The van der Waals surface area contributed by atoms with Gasteiger partial charge < -0.3 is 14.5 Å². The highest BCUT2D eigenvalue weighted by Gasteiger charge is 2.44. The molecule has 39 heavy (non-hydrogen) atoms. The first-order valence-corrected chi connectivity index (χ1v) is 13.0. The van der Waals surface area contributed by atoms with Crippen molar-refractivity contribution in [1.82, 2.24) is 20.5 Å². The van der Waals surface area contributed by atoms with E-state index in [-0.39, 0.29) is 23.9 Å². The number of carbonyl (C=O) groups is 1. The number of aryl methyl sites for hydroxylation is 1. The molecule has 0 fully saturated rings. The van der Waals surface area contributed by atoms with E-state index < -0.39 is 29.9 Å². The van der Waals surface area contributed by atoms with Crippen LogP contribution >= 0.6 is 22.6 Å². The molecule has 0 spiro atoms. The minimum absolute atomic E-state index is 0.107. The van der Waals surface area contributed by atoms with Gasteiger partial charge in [-0.1, -0.05) is 76.2 Å². The Balaban J connectivity index is 1.85. The number of rotatable bonds is 10. The van der Waals surface area contributed by atoms with Crippen LogP contribution in [0.2, 0.25) is 0 Å². The molecule has 4 aromatic rings. The molecule has 2 N–H and O–H groups in total. The van der Waals surface area contributed by atoms with Crippen LogP contribution < -0.4 is 15.4 Å². The number of aromatic nitrogens is 3. The van der Waals surface area contributed by atoms with Crippen molar-refractivity contribution >= 4 is 34.6 Å². The van der Waals surface area contributed by atoms with Crippen molar-refractivity contribution in [2.24, 2.45) is 0 Å². The molecular formula is C26H22F4IN5O3. The van der Waals surface area contributed by atoms with Gasteiger partial charge in [0.1, 0.15) is 11.3 Å². The van der Waals surface area contributed by atoms with Gasteiger partial charge in [0.15, 0.2) is 0 Å². The molecule has 204 valence electrons. The quantitative estimate of drug-likeness (QED) is 0.119. The highest BCUT2D eigenvalue weighted by atomic mass is 127. The Hall–Kier alpha value is -3.75. The summed E-state index contributed by atoms with van der Waals surface area (Å²) < 4.78 is 63.6. The first kappa shape index (κ1) is 28.3. The van der Waals surface area contributed by atoms with Crippen LogP contribution in [-0.2, 0) is 16.4 Å². The Labute approximate surface area is 234 Å². The molecule has 0 aliphatic heterocycles. The van der Waals surface area contributed by atoms with E-state index in [0.29, 0.717) is 10.1 Å². The molecule has 0 aliphatic rings. The van der Waals surface area contributed by atoms with Crippen LogP contribution in [-0.4, -0.2) is 33.7 Å². The van der Waals surface area contributed by atoms with Crippen molar-refractivity contribution in [3.8, 4) is 5.75 Å². The van der Waals surface area contributed by atoms with Gasteiger partial charge in [-0.25, -0.2) is 4.79 Å². The van der Waals surface area contributed by atoms with Gasteiger partial charge in [-0.2, -0.15) is 17.6 Å². The standard InChI is InChI=1S/C26H22F4IN5O3/c1-16-35-36-24(38-16)33-23(37)34-25(13-17-6-3-2-4-7-17,21-11-10-18(14-31)15-32-21)19-8-5-9-20(12-19)39-26(29,30)22(27)28/h2-12,15,22H,13-14H2,1H3,(H2,33,34,36,37)/t25-/m0/s1. The second-order valence-electron chi connectivity index (χ2n) is 8.45. The minimum Gasteiger partial charge on any atom is -0.428 e. The molecule has 2 amide bonds. The Bertz CT molecular complexity index is 1410. The van der Waals surface area contributed by atoms with E-state index in [1.807, 2.05) is 24.3 Å². The second kappa shape index (κ2) is 12.0. The van der Waals surface area contributed by atoms with Crippen molar-refractivity contribution in [3.63, 3.8) is 0 Å². The smallest absolute Gasteiger partial charge is 0.428 e. The molecule has 8 nitrogen and oxygen atoms in total. The van der Waals surface area contributed by atoms with Crippen LogP contribution in [0.5, 0.6) is 5.75 Å². The van der Waals surface area contributed by atoms with Crippen molar-refractivity contribution in [1.29, 1.82) is 0 Å². The van der Waals surface area contributed by atoms with E-state index >= 15 is 0 Å². The van der Waals surface area contributed by atoms with Crippen LogP contribution in [0.1, 0.15) is 28.3 Å². The zero-order valence-electron chi connectivity index (χ0n) is 20.4. The molecule has 0 unspecified atom stereocenters. The lowest BCUT2D eigenvalue weighted by Gasteiger charge is -2.35. The number of alkyl halides is 5. The first-order chi connectivity index (χ1) is 18.6. The Kier molecular flexibility index (Phi) is 8.67. The van der Waals surface area contributed by atoms with Crippen molar-refractivity contribution in [2.75, 3.05) is 5.32 Å². The monoisotopic (exact) mass is 655 g/mol. The molecular weight excluding hydrogens is 633 g/mol. The number of halogens is 5. The van der Waals surface area contributed by atoms with Gasteiger partial charge in [0.05, 0.1) is 5.69 Å². The summed E-state index contributed by atoms with van der Waals surface area (Å²) in [7, 11) is 0. The molecule has 0 bridgehead atoms. The van der Waals surface area contributed by atoms with E-state index in [9.17, 15) is 22.4 Å². The Morgan fingerprint density at radius 1 is 1.05 bits per heavy atom. The number of nitrogens with one attached hydrogen (secondary N) is 2. The summed E-state index contributed by atoms with van der Waals surface area (Å²) in [6.45, 7) is 1.55. The Morgan fingerprint density at radius 2 is 1.82 bits per heavy atom. The molecule has 4 rings (SSSR count). The van der Waals surface area contributed by atoms with Crippen LogP contribution in [0, 0.1) is 6.92 Å². The summed E-state index contributed by atoms with van der Waals surface area (Å²) in [5, 5.41) is 12.8. The number of carbonyl (C=O) groups excluding carboxylic acids is 1. The van der Waals surface area contributed by atoms with E-state index in [1.54, 1.807) is 37.4 Å². The van der Waals surface area contributed by atoms with Gasteiger partial charge >= 0.3 is 24.6 Å². The second-order valence-corrected chi connectivity index (χ2v) is 9.21. The first-order valence-electron chi connectivity index (χ1n) is 11.5. The number of ether oxygens (including phenoxy) is 1. The average molecular weight is 655 g/mol. The van der Waals surface area contributed by atoms with Crippen LogP contribution in [0.25, 0.3) is 0 Å². The Morgan fingerprint density at radius 3 is 2.44 bits per heavy atom. The van der Waals surface area contributed by atoms with Crippen molar-refractivity contribution in [2.45, 2.75) is 35.8 Å². The van der Waals surface area contributed by atoms with Gasteiger partial charge in [-0.15, -0.1) is 5.10 Å². The predicted molar refractivity (Wildman–Crippen MR) is 142 cm³/mol. The van der Waals surface area contributed by atoms with Crippen molar-refractivity contribution in [3.05, 3.63) is 101 Å². The van der Waals surface area contributed by atoms with E-state index in [4.69, 9.17) is 4.42 Å². The summed E-state index contributed by atoms with van der Waals surface area (Å²) >= 11 is 2.18. The van der Waals surface area contributed by atoms with Gasteiger partial charge in [-0.05, 0) is 34.9 Å². The lowest BCUT2D eigenvalue weighted by atomic mass is 9.80. The van der Waals surface area contributed by atoms with Gasteiger partial charge in [-0.3, -0.25) is 10.3 Å². The summed E-state index contributed by atoms with van der Waals surface area (Å²) in [6, 6.07) is 16.9. The molecule has 1 atom stereocenters. The summed E-state index contributed by atoms with van der Waals surface area (Å²) in [4.78, 5) is 17.9. The van der Waals surface area contributed by atoms with Crippen molar-refractivity contribution < 1.29 is 31.5 Å². The zero-order chi connectivity index (χ0) is 28.0. The maximum atomic E-state index is 13.8. The molecule has 2 heterocycles. The normalized spacial score (nSPS) is 13.1. The maximum Gasteiger partial charge on any atom is 0.461 e. The predicted octanol–water partition coefficient (Wildman–Crippen LogP) is 6.25. The lowest BCUT2D eigenvalue weighted by molar-refractivity contribution is -0.253. The minimum atomic E-state index is -4.72. The largest absolute Gasteiger partial charge is 0.461 e. The molecule has 13 heteroatoms. The topological polar surface area (TPSA) is 102 Å². The average Bonchev–Trinajstić information content (AvgIpc) is 3.32. The van der Waals surface area contributed by atoms with E-state index in [2.05, 4.69) is 53.1 Å². The number of hydrogen-bond donors (Lipinski definition) is 2. The molecule has 0 saturated heterocycles. The number of anilines is 1. The fourth-order valence-electron chi connectivity index (χ4n) is 3.87. The highest BCUT2D eigenvalue weighted by Crippen LogP contribution is 2.36. The van der Waals surface area contributed by atoms with Crippen LogP contribution in [0.15, 0.2) is 77.3 Å². The SMILES string of the molecule is Cc1nnc(NC(=O)N[C@@](Cc2ccccc2)(c2cccc(OC(F)(F)C(F)F)c2)c2ccc(CI)cn2)o1. The molecule has 2 aromatic heterocycles. The third-order valence-electron chi connectivity index (χ3n) is 5.64. The number of hydrogen-bond acceptors (Lipinski definition) is 6. The lowest BCUT2D eigenvalue weighted by Crippen LogP contribution is -2.50. The number of amides is 2. The van der Waals surface area contributed by atoms with E-state index in [1.165, 1.54) is 12.1 Å². The number of urea groups is 1. The van der Waals surface area contributed by atoms with Gasteiger partial charge in [0.2, 0.25) is 5.89 Å². The number of benzene rings is 2. The number of nitrogens with zero attached hydrogens (tertiary/aromatic N) is 3. The fourth-order valence-corrected chi connectivity index (χ4v) is 4.33. The number of pyridine rings is 1. The highest BCUT2D eigenvalue weighted by molar-refractivity contribution is 14.1. The third kappa shape index (κ3) is 6.82. The summed E-state index contributed by atoms with van der Waals surface area (Å²) in [5.41, 5.74) is 0.794. The molecule has 0 radical (unpaired) electrons. The fraction of sp³-hybridized carbons (Fsp3) is 0.231. The maximum absolute atomic E-state index is 13.8. The third-order valence-corrected chi connectivity index (χ3v) is 6.52. The summed E-state index contributed by atoms with van der Waals surface area (Å²) in [6.07, 6.45) is -7.02. The molecule has 2 aromatic carbocycles. The van der Waals surface area contributed by atoms with Gasteiger partial charge in [0.25, 0.3) is 0 Å².